The number of benzene rings is 3. The molecule has 5 rings (SSSR count). The van der Waals surface area contributed by atoms with Gasteiger partial charge >= 0.3 is 0 Å². The highest BCUT2D eigenvalue weighted by Gasteiger charge is 2.24. The van der Waals surface area contributed by atoms with E-state index in [-0.39, 0.29) is 4.90 Å². The third-order valence-corrected chi connectivity index (χ3v) is 7.83. The molecular formula is C26H28N4O2S. The van der Waals surface area contributed by atoms with Gasteiger partial charge in [-0.15, -0.1) is 4.83 Å². The summed E-state index contributed by atoms with van der Waals surface area (Å²) in [6, 6.07) is 25.6. The van der Waals surface area contributed by atoms with Gasteiger partial charge in [0.15, 0.2) is 0 Å². The predicted octanol–water partition coefficient (Wildman–Crippen LogP) is 4.47. The maximum atomic E-state index is 12.9. The highest BCUT2D eigenvalue weighted by molar-refractivity contribution is 7.89. The fraction of sp³-hybridized carbons (Fsp3) is 0.269. The number of rotatable bonds is 6. The van der Waals surface area contributed by atoms with Gasteiger partial charge in [0.05, 0.1) is 15.9 Å². The van der Waals surface area contributed by atoms with Crippen molar-refractivity contribution in [3.63, 3.8) is 0 Å². The summed E-state index contributed by atoms with van der Waals surface area (Å²) in [5.74, 6) is 1.42. The molecule has 1 N–H and O–H groups in total. The largest absolute Gasteiger partial charge is 0.324 e. The summed E-state index contributed by atoms with van der Waals surface area (Å²) in [5.41, 5.74) is 4.40. The van der Waals surface area contributed by atoms with Crippen LogP contribution in [-0.4, -0.2) is 36.1 Å². The molecule has 0 aliphatic carbocycles. The van der Waals surface area contributed by atoms with Gasteiger partial charge in [0.25, 0.3) is 10.0 Å². The molecule has 0 atom stereocenters. The van der Waals surface area contributed by atoms with Crippen LogP contribution in [0.3, 0.4) is 0 Å². The molecule has 0 unspecified atom stereocenters. The second kappa shape index (κ2) is 9.09. The zero-order chi connectivity index (χ0) is 22.8. The SMILES string of the molecule is Cc1nc2ccccc2n1Cc1ccc(S(=O)(=O)NN2CCC(c3ccccc3)CC2)cc1. The van der Waals surface area contributed by atoms with Gasteiger partial charge in [0.2, 0.25) is 0 Å². The molecule has 1 saturated heterocycles. The Morgan fingerprint density at radius 3 is 2.30 bits per heavy atom. The summed E-state index contributed by atoms with van der Waals surface area (Å²) in [7, 11) is -3.61. The maximum Gasteiger partial charge on any atom is 0.253 e. The Balaban J connectivity index is 1.24. The van der Waals surface area contributed by atoms with Crippen molar-refractivity contribution >= 4 is 21.1 Å². The van der Waals surface area contributed by atoms with E-state index < -0.39 is 10.0 Å². The van der Waals surface area contributed by atoms with Crippen molar-refractivity contribution in [2.24, 2.45) is 0 Å². The van der Waals surface area contributed by atoms with Crippen molar-refractivity contribution < 1.29 is 8.42 Å². The second-order valence-electron chi connectivity index (χ2n) is 8.64. The molecule has 7 heteroatoms. The molecule has 6 nitrogen and oxygen atoms in total. The first-order chi connectivity index (χ1) is 16.0. The van der Waals surface area contributed by atoms with E-state index >= 15 is 0 Å². The number of fused-ring (bicyclic) bond motifs is 1. The molecule has 1 fully saturated rings. The molecule has 0 spiro atoms. The van der Waals surface area contributed by atoms with Gasteiger partial charge in [0, 0.05) is 19.6 Å². The molecule has 0 amide bonds. The summed E-state index contributed by atoms with van der Waals surface area (Å²) >= 11 is 0. The molecule has 0 saturated carbocycles. The van der Waals surface area contributed by atoms with Crippen LogP contribution in [-0.2, 0) is 16.6 Å². The lowest BCUT2D eigenvalue weighted by atomic mass is 9.90. The zero-order valence-electron chi connectivity index (χ0n) is 18.7. The number of nitrogens with zero attached hydrogens (tertiary/aromatic N) is 3. The maximum absolute atomic E-state index is 12.9. The van der Waals surface area contributed by atoms with Crippen molar-refractivity contribution in [1.29, 1.82) is 0 Å². The minimum atomic E-state index is -3.61. The Morgan fingerprint density at radius 2 is 1.58 bits per heavy atom. The van der Waals surface area contributed by atoms with Crippen LogP contribution in [0.25, 0.3) is 11.0 Å². The molecule has 170 valence electrons. The number of nitrogens with one attached hydrogen (secondary N) is 1. The highest BCUT2D eigenvalue weighted by Crippen LogP contribution is 2.27. The van der Waals surface area contributed by atoms with E-state index in [0.717, 1.165) is 35.3 Å². The lowest BCUT2D eigenvalue weighted by Crippen LogP contribution is -2.46. The fourth-order valence-electron chi connectivity index (χ4n) is 4.60. The molecule has 0 bridgehead atoms. The van der Waals surface area contributed by atoms with E-state index in [0.29, 0.717) is 25.6 Å². The van der Waals surface area contributed by atoms with Crippen molar-refractivity contribution in [3.05, 3.63) is 95.8 Å². The summed E-state index contributed by atoms with van der Waals surface area (Å²) in [4.78, 5) is 7.66. The third kappa shape index (κ3) is 4.71. The van der Waals surface area contributed by atoms with Gasteiger partial charge in [-0.2, -0.15) is 0 Å². The summed E-state index contributed by atoms with van der Waals surface area (Å²) in [5, 5.41) is 1.82. The first-order valence-electron chi connectivity index (χ1n) is 11.3. The number of hydrogen-bond acceptors (Lipinski definition) is 4. The van der Waals surface area contributed by atoms with E-state index in [1.807, 2.05) is 48.3 Å². The minimum Gasteiger partial charge on any atom is -0.324 e. The smallest absolute Gasteiger partial charge is 0.253 e. The Labute approximate surface area is 194 Å². The molecular weight excluding hydrogens is 432 g/mol. The standard InChI is InChI=1S/C26H28N4O2S/c1-20-27-25-9-5-6-10-26(25)30(20)19-21-11-13-24(14-12-21)33(31,32)28-29-17-15-23(16-18-29)22-7-3-2-4-8-22/h2-14,23,28H,15-19H2,1H3. The number of aryl methyl sites for hydroxylation is 1. The number of imidazole rings is 1. The van der Waals surface area contributed by atoms with Crippen LogP contribution >= 0.6 is 0 Å². The number of aromatic nitrogens is 2. The third-order valence-electron chi connectivity index (χ3n) is 6.43. The summed E-state index contributed by atoms with van der Waals surface area (Å²) < 4.78 is 28.0. The Kier molecular flexibility index (Phi) is 6.01. The average molecular weight is 461 g/mol. The van der Waals surface area contributed by atoms with Gasteiger partial charge in [-0.05, 0) is 61.1 Å². The average Bonchev–Trinajstić information content (AvgIpc) is 3.15. The molecule has 3 aromatic carbocycles. The second-order valence-corrected chi connectivity index (χ2v) is 10.3. The van der Waals surface area contributed by atoms with Crippen LogP contribution in [0.1, 0.15) is 35.7 Å². The van der Waals surface area contributed by atoms with Crippen LogP contribution in [0.2, 0.25) is 0 Å². The quantitative estimate of drug-likeness (QED) is 0.461. The Hall–Kier alpha value is -3.00. The van der Waals surface area contributed by atoms with Gasteiger partial charge in [-0.1, -0.05) is 54.6 Å². The first kappa shape index (κ1) is 21.8. The van der Waals surface area contributed by atoms with Crippen molar-refractivity contribution in [2.45, 2.75) is 37.1 Å². The number of hydrazine groups is 1. The van der Waals surface area contributed by atoms with E-state index in [1.165, 1.54) is 5.56 Å². The van der Waals surface area contributed by atoms with E-state index in [1.54, 1.807) is 12.1 Å². The lowest BCUT2D eigenvalue weighted by Gasteiger charge is -2.32. The van der Waals surface area contributed by atoms with E-state index in [4.69, 9.17) is 0 Å². The number of para-hydroxylation sites is 2. The molecule has 1 aliphatic heterocycles. The van der Waals surface area contributed by atoms with E-state index in [2.05, 4.69) is 44.7 Å². The monoisotopic (exact) mass is 460 g/mol. The Morgan fingerprint density at radius 1 is 0.909 bits per heavy atom. The van der Waals surface area contributed by atoms with Gasteiger partial charge in [-0.25, -0.2) is 18.4 Å². The van der Waals surface area contributed by atoms with Gasteiger partial charge in [0.1, 0.15) is 5.82 Å². The van der Waals surface area contributed by atoms with E-state index in [9.17, 15) is 8.42 Å². The normalized spacial score (nSPS) is 15.8. The minimum absolute atomic E-state index is 0.281. The van der Waals surface area contributed by atoms with Crippen molar-refractivity contribution in [2.75, 3.05) is 13.1 Å². The number of piperidine rings is 1. The molecule has 2 heterocycles. The van der Waals surface area contributed by atoms with Gasteiger partial charge < -0.3 is 4.57 Å². The predicted molar refractivity (Wildman–Crippen MR) is 130 cm³/mol. The van der Waals surface area contributed by atoms with Crippen LogP contribution < -0.4 is 4.83 Å². The summed E-state index contributed by atoms with van der Waals surface area (Å²) in [6.07, 6.45) is 1.87. The highest BCUT2D eigenvalue weighted by atomic mass is 32.2. The topological polar surface area (TPSA) is 67.2 Å². The first-order valence-corrected chi connectivity index (χ1v) is 12.8. The molecule has 4 aromatic rings. The molecule has 0 radical (unpaired) electrons. The van der Waals surface area contributed by atoms with Gasteiger partial charge in [-0.3, -0.25) is 0 Å². The van der Waals surface area contributed by atoms with Crippen molar-refractivity contribution in [3.8, 4) is 0 Å². The van der Waals surface area contributed by atoms with Crippen LogP contribution in [0, 0.1) is 6.92 Å². The molecule has 1 aromatic heterocycles. The van der Waals surface area contributed by atoms with Crippen molar-refractivity contribution in [1.82, 2.24) is 19.4 Å². The lowest BCUT2D eigenvalue weighted by molar-refractivity contribution is 0.185. The van der Waals surface area contributed by atoms with Crippen LogP contribution in [0.4, 0.5) is 0 Å². The number of hydrogen-bond donors (Lipinski definition) is 1. The number of sulfonamides is 1. The Bertz CT molecular complexity index is 1340. The molecule has 1 aliphatic rings. The van der Waals surface area contributed by atoms with Crippen LogP contribution in [0.15, 0.2) is 83.8 Å². The molecule has 33 heavy (non-hydrogen) atoms. The fourth-order valence-corrected chi connectivity index (χ4v) is 5.73. The zero-order valence-corrected chi connectivity index (χ0v) is 19.5. The van der Waals surface area contributed by atoms with Crippen LogP contribution in [0.5, 0.6) is 0 Å². The summed E-state index contributed by atoms with van der Waals surface area (Å²) in [6.45, 7) is 4.03.